The van der Waals surface area contributed by atoms with Crippen molar-refractivity contribution in [3.8, 4) is 73.6 Å². The van der Waals surface area contributed by atoms with Crippen LogP contribution in [0.1, 0.15) is 46.5 Å². The second-order valence-electron chi connectivity index (χ2n) is 24.8. The molecule has 554 valence electrons. The minimum absolute atomic E-state index is 0.0354. The molecule has 0 spiro atoms. The van der Waals surface area contributed by atoms with Crippen LogP contribution in [0.25, 0.3) is 78.0 Å². The summed E-state index contributed by atoms with van der Waals surface area (Å²) in [4.78, 5) is 71.1. The van der Waals surface area contributed by atoms with Crippen molar-refractivity contribution >= 4 is 85.2 Å². The van der Waals surface area contributed by atoms with E-state index in [9.17, 15) is 37.8 Å². The highest BCUT2D eigenvalue weighted by Gasteiger charge is 2.55. The van der Waals surface area contributed by atoms with Crippen molar-refractivity contribution in [3.05, 3.63) is 205 Å². The Kier molecular flexibility index (Phi) is 22.8. The van der Waals surface area contributed by atoms with E-state index >= 15 is 0 Å². The number of nitrogens with one attached hydrogen (secondary N) is 2. The number of aromatic nitrogens is 12. The average Bonchev–Trinajstić information content (AvgIpc) is 1.73. The number of imide groups is 1. The molecule has 6 aromatic heterocycles. The van der Waals surface area contributed by atoms with Gasteiger partial charge < -0.3 is 49.0 Å². The van der Waals surface area contributed by atoms with Gasteiger partial charge in [0.25, 0.3) is 17.7 Å². The molecule has 1 unspecified atom stereocenters. The predicted octanol–water partition coefficient (Wildman–Crippen LogP) is 12.9. The topological polar surface area (TPSA) is 301 Å². The second-order valence-corrected chi connectivity index (χ2v) is 25.2. The molecular formula is C78H74ClF3N16O10. The number of amides is 3. The van der Waals surface area contributed by atoms with Gasteiger partial charge in [-0.3, -0.25) is 48.7 Å². The first kappa shape index (κ1) is 75.1. The highest BCUT2D eigenvalue weighted by molar-refractivity contribution is 6.33. The zero-order chi connectivity index (χ0) is 76.4. The van der Waals surface area contributed by atoms with Crippen LogP contribution in [0.2, 0.25) is 5.02 Å². The molecule has 0 saturated heterocycles. The predicted molar refractivity (Wildman–Crippen MR) is 402 cm³/mol. The Morgan fingerprint density at radius 3 is 1.72 bits per heavy atom. The van der Waals surface area contributed by atoms with Crippen LogP contribution >= 0.6 is 11.6 Å². The molecule has 4 N–H and O–H groups in total. The minimum Gasteiger partial charge on any atom is -0.497 e. The summed E-state index contributed by atoms with van der Waals surface area (Å²) in [5.74, 6) is 0.919. The SMILES string of the molecule is CCn1cc(-c2cnc3ccc(CCCN4C(=O)c5ccccc5C4=O)c(-c4cc(OC)cc(OC)c4)c3n2)cn1.COc1cc(OC)cc(N(CCNC(=O)C(C)(O)C(F)(F)F)c2ccc3ncc(-c4cnn(C)c4)nc3c2)c1.COc1ccc(Cl)c(N(CCO)c2ccc3ncc(-c4cn[nH]c4)nc3c2)c1. The van der Waals surface area contributed by atoms with Crippen LogP contribution in [0.15, 0.2) is 183 Å². The molecule has 0 aliphatic carbocycles. The quantitative estimate of drug-likeness (QED) is 0.0409. The fourth-order valence-electron chi connectivity index (χ4n) is 12.1. The normalized spacial score (nSPS) is 12.4. The van der Waals surface area contributed by atoms with Crippen LogP contribution < -0.4 is 38.8 Å². The van der Waals surface area contributed by atoms with Gasteiger partial charge in [-0.1, -0.05) is 29.8 Å². The average molecular weight is 1490 g/mol. The molecular weight excluding hydrogens is 1410 g/mol. The maximum Gasteiger partial charge on any atom is 0.426 e. The minimum atomic E-state index is -5.13. The van der Waals surface area contributed by atoms with E-state index in [1.54, 1.807) is 154 Å². The summed E-state index contributed by atoms with van der Waals surface area (Å²) >= 11 is 6.43. The number of nitrogens with zero attached hydrogens (tertiary/aromatic N) is 14. The Hall–Kier alpha value is -12.6. The van der Waals surface area contributed by atoms with Crippen LogP contribution in [0.4, 0.5) is 35.9 Å². The van der Waals surface area contributed by atoms with Gasteiger partial charge in [-0.25, -0.2) is 15.0 Å². The summed E-state index contributed by atoms with van der Waals surface area (Å²) in [7, 11) is 9.62. The highest BCUT2D eigenvalue weighted by atomic mass is 35.5. The van der Waals surface area contributed by atoms with Crippen LogP contribution in [-0.2, 0) is 24.8 Å². The maximum absolute atomic E-state index is 13.1. The molecule has 1 aliphatic rings. The molecule has 1 atom stereocenters. The largest absolute Gasteiger partial charge is 0.497 e. The number of methoxy groups -OCH3 is 5. The first-order valence-electron chi connectivity index (χ1n) is 33.9. The second kappa shape index (κ2) is 32.8. The van der Waals surface area contributed by atoms with E-state index < -0.39 is 17.7 Å². The number of hydrogen-bond donors (Lipinski definition) is 4. The van der Waals surface area contributed by atoms with E-state index in [-0.39, 0.29) is 31.5 Å². The lowest BCUT2D eigenvalue weighted by Crippen LogP contribution is -2.55. The van der Waals surface area contributed by atoms with Crippen LogP contribution in [0.3, 0.4) is 0 Å². The lowest BCUT2D eigenvalue weighted by atomic mass is 9.94. The molecule has 26 nitrogen and oxygen atoms in total. The number of halogens is 4. The Labute approximate surface area is 622 Å². The lowest BCUT2D eigenvalue weighted by Gasteiger charge is -2.28. The first-order chi connectivity index (χ1) is 52.1. The van der Waals surface area contributed by atoms with Crippen molar-refractivity contribution in [3.63, 3.8) is 0 Å². The number of carbonyl (C=O) groups is 3. The number of aryl methyl sites for hydroxylation is 3. The summed E-state index contributed by atoms with van der Waals surface area (Å²) in [5, 5.41) is 37.3. The van der Waals surface area contributed by atoms with Gasteiger partial charge in [-0.05, 0) is 117 Å². The van der Waals surface area contributed by atoms with Gasteiger partial charge in [0.15, 0.2) is 0 Å². The molecule has 0 radical (unpaired) electrons. The Morgan fingerprint density at radius 2 is 1.17 bits per heavy atom. The highest BCUT2D eigenvalue weighted by Crippen LogP contribution is 2.40. The Bertz CT molecular complexity index is 5350. The molecule has 0 fully saturated rings. The number of aliphatic hydroxyl groups is 2. The van der Waals surface area contributed by atoms with E-state index in [4.69, 9.17) is 55.2 Å². The van der Waals surface area contributed by atoms with Crippen LogP contribution in [0, 0.1) is 0 Å². The van der Waals surface area contributed by atoms with Gasteiger partial charge in [-0.2, -0.15) is 28.5 Å². The molecule has 1 aliphatic heterocycles. The Morgan fingerprint density at radius 1 is 0.602 bits per heavy atom. The number of fused-ring (bicyclic) bond motifs is 4. The standard InChI is InChI=1S/C32H29N5O4.C26H27F3N6O4.C20H18ClN5O2/c1-4-36-19-22(17-34-36)28-18-33-27-12-11-20(8-7-13-37-31(38)25-9-5-6-10-26(25)32(37)39)29(30(27)35-28)21-14-23(40-2)16-24(15-21)41-3;1-25(37,26(27,28)29)24(36)30-7-8-35(18-9-19(38-3)12-20(10-18)39-4)17-5-6-21-22(11-17)33-23(14-31-21)16-13-32-34(2)15-16;1-28-15-3-4-16(21)20(9-15)26(6-7-27)14-2-5-17-18(8-14)25-19(12-22-17)13-10-23-24-11-13/h5-6,9-12,14-19H,4,7-8,13H2,1-3H3;5-6,9-15,37H,7-8H2,1-4H3,(H,30,36);2-5,8-12,27H,6-7H2,1H3,(H,23,24). The smallest absolute Gasteiger partial charge is 0.426 e. The third kappa shape index (κ3) is 16.4. The molecule has 7 heterocycles. The van der Waals surface area contributed by atoms with E-state index in [1.165, 1.54) is 19.1 Å². The van der Waals surface area contributed by atoms with Crippen molar-refractivity contribution in [2.24, 2.45) is 7.05 Å². The van der Waals surface area contributed by atoms with E-state index in [0.29, 0.717) is 106 Å². The number of carbonyl (C=O) groups excluding carboxylic acids is 3. The molecule has 14 rings (SSSR count). The molecule has 0 saturated carbocycles. The van der Waals surface area contributed by atoms with Crippen molar-refractivity contribution < 1.29 is 61.5 Å². The van der Waals surface area contributed by atoms with Crippen LogP contribution in [0.5, 0.6) is 28.7 Å². The molecule has 0 bridgehead atoms. The number of hydrogen-bond acceptors (Lipinski definition) is 21. The van der Waals surface area contributed by atoms with Gasteiger partial charge in [0.2, 0.25) is 5.60 Å². The third-order valence-corrected chi connectivity index (χ3v) is 18.2. The number of benzene rings is 7. The van der Waals surface area contributed by atoms with E-state index in [2.05, 4.69) is 35.7 Å². The van der Waals surface area contributed by atoms with Crippen LogP contribution in [-0.4, -0.2) is 173 Å². The zero-order valence-electron chi connectivity index (χ0n) is 59.9. The van der Waals surface area contributed by atoms with Gasteiger partial charge >= 0.3 is 6.18 Å². The van der Waals surface area contributed by atoms with E-state index in [0.717, 1.165) is 84.8 Å². The first-order valence-corrected chi connectivity index (χ1v) is 34.3. The van der Waals surface area contributed by atoms with Crippen molar-refractivity contribution in [1.29, 1.82) is 0 Å². The number of ether oxygens (including phenoxy) is 5. The fraction of sp³-hybridized carbons (Fsp3) is 0.231. The monoisotopic (exact) mass is 1490 g/mol. The van der Waals surface area contributed by atoms with Crippen molar-refractivity contribution in [1.82, 2.24) is 69.9 Å². The lowest BCUT2D eigenvalue weighted by molar-refractivity contribution is -0.245. The summed E-state index contributed by atoms with van der Waals surface area (Å²) in [6.07, 6.45) is 11.9. The molecule has 30 heteroatoms. The number of H-pyrrole nitrogens is 1. The molecule has 7 aromatic carbocycles. The number of aliphatic hydroxyl groups excluding tert-OH is 1. The van der Waals surface area contributed by atoms with Crippen molar-refractivity contribution in [2.75, 3.05) is 78.1 Å². The summed E-state index contributed by atoms with van der Waals surface area (Å²) < 4.78 is 70.0. The van der Waals surface area contributed by atoms with Crippen molar-refractivity contribution in [2.45, 2.75) is 45.0 Å². The zero-order valence-corrected chi connectivity index (χ0v) is 60.7. The summed E-state index contributed by atoms with van der Waals surface area (Å²) in [6, 6.07) is 38.3. The fourth-order valence-corrected chi connectivity index (χ4v) is 12.3. The van der Waals surface area contributed by atoms with Gasteiger partial charge in [0.1, 0.15) is 28.7 Å². The molecule has 3 amide bonds. The summed E-state index contributed by atoms with van der Waals surface area (Å²) in [6.45, 7) is 3.67. The summed E-state index contributed by atoms with van der Waals surface area (Å²) in [5.41, 5.74) is 11.7. The number of alkyl halides is 3. The van der Waals surface area contributed by atoms with E-state index in [1.807, 2.05) is 83.5 Å². The molecule has 108 heavy (non-hydrogen) atoms. The third-order valence-electron chi connectivity index (χ3n) is 17.9. The van der Waals surface area contributed by atoms with Gasteiger partial charge in [0, 0.05) is 128 Å². The molecule has 13 aromatic rings. The van der Waals surface area contributed by atoms with Gasteiger partial charge in [-0.15, -0.1) is 0 Å². The Balaban J connectivity index is 0.000000154. The maximum atomic E-state index is 13.1. The number of rotatable bonds is 24. The number of anilines is 4. The van der Waals surface area contributed by atoms with Gasteiger partial charge in [0.05, 0.1) is 151 Å². The number of aromatic amines is 1.